The van der Waals surface area contributed by atoms with Crippen molar-refractivity contribution >= 4 is 5.91 Å². The van der Waals surface area contributed by atoms with Gasteiger partial charge < -0.3 is 9.80 Å². The van der Waals surface area contributed by atoms with Gasteiger partial charge in [-0.2, -0.15) is 0 Å². The Morgan fingerprint density at radius 2 is 2.00 bits per heavy atom. The molecule has 4 heteroatoms. The molecule has 3 nitrogen and oxygen atoms in total. The van der Waals surface area contributed by atoms with Gasteiger partial charge in [-0.1, -0.05) is 0 Å². The van der Waals surface area contributed by atoms with Gasteiger partial charge in [0.15, 0.2) is 0 Å². The summed E-state index contributed by atoms with van der Waals surface area (Å²) in [5, 5.41) is 0. The average Bonchev–Trinajstić information content (AvgIpc) is 2.67. The summed E-state index contributed by atoms with van der Waals surface area (Å²) in [7, 11) is 2.10. The van der Waals surface area contributed by atoms with E-state index in [0.29, 0.717) is 18.2 Å². The number of amides is 1. The van der Waals surface area contributed by atoms with Crippen LogP contribution in [0.5, 0.6) is 0 Å². The number of fused-ring (bicyclic) bond motifs is 1. The van der Waals surface area contributed by atoms with Gasteiger partial charge in [0.25, 0.3) is 5.91 Å². The van der Waals surface area contributed by atoms with Crippen molar-refractivity contribution in [1.82, 2.24) is 9.80 Å². The fourth-order valence-electron chi connectivity index (χ4n) is 2.91. The number of carbonyl (C=O) groups is 1. The molecular formula is C14H17FN2O. The first kappa shape index (κ1) is 11.7. The van der Waals surface area contributed by atoms with Crippen LogP contribution < -0.4 is 0 Å². The molecule has 0 unspecified atom stereocenters. The number of rotatable bonds is 1. The van der Waals surface area contributed by atoms with Gasteiger partial charge >= 0.3 is 0 Å². The van der Waals surface area contributed by atoms with Gasteiger partial charge in [-0.25, -0.2) is 4.39 Å². The van der Waals surface area contributed by atoms with Crippen molar-refractivity contribution in [3.8, 4) is 0 Å². The lowest BCUT2D eigenvalue weighted by atomic mass is 10.0. The quantitative estimate of drug-likeness (QED) is 0.757. The zero-order valence-corrected chi connectivity index (χ0v) is 10.5. The van der Waals surface area contributed by atoms with E-state index in [-0.39, 0.29) is 11.7 Å². The zero-order valence-electron chi connectivity index (χ0n) is 10.5. The fourth-order valence-corrected chi connectivity index (χ4v) is 2.91. The van der Waals surface area contributed by atoms with E-state index in [1.165, 1.54) is 12.1 Å². The highest BCUT2D eigenvalue weighted by molar-refractivity contribution is 5.98. The molecule has 0 radical (unpaired) electrons. The first-order valence-corrected chi connectivity index (χ1v) is 6.43. The van der Waals surface area contributed by atoms with Crippen LogP contribution >= 0.6 is 0 Å². The third-order valence-electron chi connectivity index (χ3n) is 4.03. The second-order valence-corrected chi connectivity index (χ2v) is 5.27. The van der Waals surface area contributed by atoms with Gasteiger partial charge in [0.1, 0.15) is 5.82 Å². The maximum Gasteiger partial charge on any atom is 0.254 e. The minimum atomic E-state index is -0.258. The summed E-state index contributed by atoms with van der Waals surface area (Å²) in [6.45, 7) is 2.62. The van der Waals surface area contributed by atoms with E-state index in [1.807, 2.05) is 4.90 Å². The molecule has 1 amide bonds. The molecule has 3 rings (SSSR count). The van der Waals surface area contributed by atoms with E-state index in [2.05, 4.69) is 11.9 Å². The van der Waals surface area contributed by atoms with Crippen molar-refractivity contribution in [2.24, 2.45) is 0 Å². The second kappa shape index (κ2) is 4.35. The Balaban J connectivity index is 1.80. The Kier molecular flexibility index (Phi) is 2.82. The number of halogens is 1. The molecule has 2 aliphatic rings. The van der Waals surface area contributed by atoms with Gasteiger partial charge in [0, 0.05) is 18.2 Å². The third kappa shape index (κ3) is 1.90. The van der Waals surface area contributed by atoms with Gasteiger partial charge in [-0.3, -0.25) is 4.79 Å². The highest BCUT2D eigenvalue weighted by Crippen LogP contribution is 2.28. The lowest BCUT2D eigenvalue weighted by molar-refractivity contribution is 0.0617. The summed E-state index contributed by atoms with van der Waals surface area (Å²) < 4.78 is 13.2. The molecule has 0 bridgehead atoms. The molecule has 0 aliphatic carbocycles. The highest BCUT2D eigenvalue weighted by Gasteiger charge is 2.33. The number of likely N-dealkylation sites (tertiary alicyclic amines) is 1. The lowest BCUT2D eigenvalue weighted by Crippen LogP contribution is -2.43. The highest BCUT2D eigenvalue weighted by atomic mass is 19.1. The molecule has 1 saturated heterocycles. The summed E-state index contributed by atoms with van der Waals surface area (Å²) in [6, 6.07) is 4.78. The monoisotopic (exact) mass is 248 g/mol. The van der Waals surface area contributed by atoms with E-state index in [4.69, 9.17) is 0 Å². The van der Waals surface area contributed by atoms with Gasteiger partial charge in [0.05, 0.1) is 0 Å². The largest absolute Gasteiger partial charge is 0.331 e. The predicted octanol–water partition coefficient (Wildman–Crippen LogP) is 1.88. The number of hydrogen-bond donors (Lipinski definition) is 0. The maximum atomic E-state index is 13.2. The molecule has 18 heavy (non-hydrogen) atoms. The normalized spacial score (nSPS) is 21.4. The van der Waals surface area contributed by atoms with Gasteiger partial charge in [0.2, 0.25) is 0 Å². The summed E-state index contributed by atoms with van der Waals surface area (Å²) in [4.78, 5) is 16.5. The van der Waals surface area contributed by atoms with E-state index in [0.717, 1.165) is 31.5 Å². The first-order valence-electron chi connectivity index (χ1n) is 6.43. The van der Waals surface area contributed by atoms with Crippen molar-refractivity contribution in [2.45, 2.75) is 25.4 Å². The molecular weight excluding hydrogens is 231 g/mol. The fraction of sp³-hybridized carbons (Fsp3) is 0.500. The second-order valence-electron chi connectivity index (χ2n) is 5.27. The number of hydrogen-bond acceptors (Lipinski definition) is 2. The molecule has 0 N–H and O–H groups in total. The van der Waals surface area contributed by atoms with E-state index >= 15 is 0 Å². The molecule has 2 heterocycles. The summed E-state index contributed by atoms with van der Waals surface area (Å²) in [5.41, 5.74) is 1.51. The van der Waals surface area contributed by atoms with Crippen LogP contribution in [0.2, 0.25) is 0 Å². The van der Waals surface area contributed by atoms with Crippen LogP contribution in [0.3, 0.4) is 0 Å². The lowest BCUT2D eigenvalue weighted by Gasteiger charge is -2.34. The summed E-state index contributed by atoms with van der Waals surface area (Å²) in [5.74, 6) is -0.189. The smallest absolute Gasteiger partial charge is 0.254 e. The minimum absolute atomic E-state index is 0.0690. The third-order valence-corrected chi connectivity index (χ3v) is 4.03. The summed E-state index contributed by atoms with van der Waals surface area (Å²) >= 11 is 0. The molecule has 1 aromatic rings. The van der Waals surface area contributed by atoms with Gasteiger partial charge in [-0.05, 0) is 56.7 Å². The Bertz CT molecular complexity index is 481. The maximum absolute atomic E-state index is 13.2. The van der Waals surface area contributed by atoms with Crippen LogP contribution in [-0.2, 0) is 6.54 Å². The Morgan fingerprint density at radius 3 is 2.72 bits per heavy atom. The SMILES string of the molecule is CN1CCC(N2Cc3cc(F)ccc3C2=O)CC1. The molecule has 0 saturated carbocycles. The van der Waals surface area contributed by atoms with Crippen LogP contribution in [-0.4, -0.2) is 41.9 Å². The molecule has 1 aromatic carbocycles. The predicted molar refractivity (Wildman–Crippen MR) is 66.8 cm³/mol. The minimum Gasteiger partial charge on any atom is -0.331 e. The number of nitrogens with zero attached hydrogens (tertiary/aromatic N) is 2. The van der Waals surface area contributed by atoms with Crippen molar-refractivity contribution in [3.63, 3.8) is 0 Å². The molecule has 0 aromatic heterocycles. The topological polar surface area (TPSA) is 23.6 Å². The Hall–Kier alpha value is -1.42. The van der Waals surface area contributed by atoms with E-state index < -0.39 is 0 Å². The van der Waals surface area contributed by atoms with E-state index in [1.54, 1.807) is 6.07 Å². The number of benzene rings is 1. The molecule has 1 fully saturated rings. The van der Waals surface area contributed by atoms with Crippen molar-refractivity contribution in [2.75, 3.05) is 20.1 Å². The van der Waals surface area contributed by atoms with Crippen LogP contribution in [0.15, 0.2) is 18.2 Å². The zero-order chi connectivity index (χ0) is 12.7. The first-order chi connectivity index (χ1) is 8.65. The van der Waals surface area contributed by atoms with Gasteiger partial charge in [-0.15, -0.1) is 0 Å². The van der Waals surface area contributed by atoms with Crippen molar-refractivity contribution < 1.29 is 9.18 Å². The number of piperidine rings is 1. The summed E-state index contributed by atoms with van der Waals surface area (Å²) in [6.07, 6.45) is 2.03. The van der Waals surface area contributed by atoms with Crippen molar-refractivity contribution in [1.29, 1.82) is 0 Å². The number of carbonyl (C=O) groups excluding carboxylic acids is 1. The average molecular weight is 248 g/mol. The molecule has 96 valence electrons. The molecule has 0 atom stereocenters. The van der Waals surface area contributed by atoms with Crippen LogP contribution in [0.4, 0.5) is 4.39 Å². The van der Waals surface area contributed by atoms with Crippen LogP contribution in [0, 0.1) is 5.82 Å². The standard InChI is InChI=1S/C14H17FN2O/c1-16-6-4-12(5-7-16)17-9-10-8-11(15)2-3-13(10)14(17)18/h2-3,8,12H,4-7,9H2,1H3. The molecule has 0 spiro atoms. The van der Waals surface area contributed by atoms with Crippen LogP contribution in [0.1, 0.15) is 28.8 Å². The van der Waals surface area contributed by atoms with Crippen molar-refractivity contribution in [3.05, 3.63) is 35.1 Å². The molecule has 2 aliphatic heterocycles. The Morgan fingerprint density at radius 1 is 1.28 bits per heavy atom. The van der Waals surface area contributed by atoms with Crippen LogP contribution in [0.25, 0.3) is 0 Å². The van der Waals surface area contributed by atoms with E-state index in [9.17, 15) is 9.18 Å². The Labute approximate surface area is 106 Å².